The molecule has 1 aromatic heterocycles. The summed E-state index contributed by atoms with van der Waals surface area (Å²) in [5.41, 5.74) is 9.24. The summed E-state index contributed by atoms with van der Waals surface area (Å²) in [6, 6.07) is 22.1. The third-order valence-electron chi connectivity index (χ3n) is 5.01. The normalized spacial score (nSPS) is 12.9. The summed E-state index contributed by atoms with van der Waals surface area (Å²) in [6.45, 7) is 2.12. The highest BCUT2D eigenvalue weighted by molar-refractivity contribution is 5.81. The average molecular weight is 406 g/mol. The predicted octanol–water partition coefficient (Wildman–Crippen LogP) is 6.05. The summed E-state index contributed by atoms with van der Waals surface area (Å²) in [4.78, 5) is 0. The first-order chi connectivity index (χ1) is 14.2. The van der Waals surface area contributed by atoms with Crippen molar-refractivity contribution in [1.29, 1.82) is 0 Å². The van der Waals surface area contributed by atoms with E-state index in [1.54, 1.807) is 23.0 Å². The molecule has 2 N–H and O–H groups in total. The summed E-state index contributed by atoms with van der Waals surface area (Å²) in [6.07, 6.45) is 3.44. The molecular weight excluding hydrogens is 377 g/mol. The maximum Gasteiger partial charge on any atom is 0.139 e. The minimum Gasteiger partial charge on any atom is -0.484 e. The standard InChI is InChI=1S/C24H24FN3O.CH4/c1-2-6-22(26)24(17-7-4-3-5-8-17)29-21-13-14-23-18(15-21)16-27-28(23)20-11-9-19(25)10-12-20;/h3-5,7-16,22,24H,2,6,26H2,1H3;1H4/t22-,24+;/m0./s1. The minimum absolute atomic E-state index is 0. The van der Waals surface area contributed by atoms with Gasteiger partial charge in [0.05, 0.1) is 17.4 Å². The van der Waals surface area contributed by atoms with Crippen LogP contribution in [0.15, 0.2) is 79.0 Å². The zero-order valence-corrected chi connectivity index (χ0v) is 16.3. The van der Waals surface area contributed by atoms with Crippen LogP contribution in [-0.2, 0) is 0 Å². The van der Waals surface area contributed by atoms with Crippen LogP contribution >= 0.6 is 0 Å². The second-order valence-electron chi connectivity index (χ2n) is 7.16. The van der Waals surface area contributed by atoms with Crippen molar-refractivity contribution in [3.05, 3.63) is 90.4 Å². The lowest BCUT2D eigenvalue weighted by Crippen LogP contribution is -2.32. The van der Waals surface area contributed by atoms with Crippen molar-refractivity contribution >= 4 is 10.9 Å². The Bertz CT molecular complexity index is 1080. The molecule has 0 unspecified atom stereocenters. The van der Waals surface area contributed by atoms with Gasteiger partial charge in [0.15, 0.2) is 0 Å². The maximum absolute atomic E-state index is 13.2. The number of hydrogen-bond acceptors (Lipinski definition) is 3. The smallest absolute Gasteiger partial charge is 0.139 e. The fourth-order valence-corrected chi connectivity index (χ4v) is 3.55. The van der Waals surface area contributed by atoms with Gasteiger partial charge in [-0.1, -0.05) is 51.1 Å². The van der Waals surface area contributed by atoms with E-state index in [-0.39, 0.29) is 25.4 Å². The summed E-state index contributed by atoms with van der Waals surface area (Å²) >= 11 is 0. The van der Waals surface area contributed by atoms with E-state index in [1.807, 2.05) is 48.5 Å². The molecule has 1 heterocycles. The zero-order valence-electron chi connectivity index (χ0n) is 16.3. The topological polar surface area (TPSA) is 53.1 Å². The summed E-state index contributed by atoms with van der Waals surface area (Å²) < 4.78 is 21.4. The van der Waals surface area contributed by atoms with Gasteiger partial charge in [-0.05, 0) is 54.4 Å². The highest BCUT2D eigenvalue weighted by Crippen LogP contribution is 2.29. The Labute approximate surface area is 177 Å². The molecular formula is C25H28FN3O. The quantitative estimate of drug-likeness (QED) is 0.407. The molecule has 30 heavy (non-hydrogen) atoms. The molecule has 156 valence electrons. The molecule has 0 saturated heterocycles. The first kappa shape index (κ1) is 21.5. The highest BCUT2D eigenvalue weighted by atomic mass is 19.1. The molecule has 2 atom stereocenters. The number of halogens is 1. The molecule has 4 rings (SSSR count). The first-order valence-corrected chi connectivity index (χ1v) is 9.86. The third kappa shape index (κ3) is 4.52. The molecule has 0 radical (unpaired) electrons. The number of aromatic nitrogens is 2. The van der Waals surface area contributed by atoms with Gasteiger partial charge in [0.2, 0.25) is 0 Å². The molecule has 0 bridgehead atoms. The van der Waals surface area contributed by atoms with Gasteiger partial charge in [-0.15, -0.1) is 0 Å². The molecule has 5 heteroatoms. The SMILES string of the molecule is C.CCC[C@H](N)[C@H](Oc1ccc2c(cnn2-c2ccc(F)cc2)c1)c1ccccc1. The van der Waals surface area contributed by atoms with Crippen molar-refractivity contribution in [2.75, 3.05) is 0 Å². The van der Waals surface area contributed by atoms with Crippen LogP contribution in [-0.4, -0.2) is 15.8 Å². The van der Waals surface area contributed by atoms with Crippen LogP contribution in [0.3, 0.4) is 0 Å². The summed E-state index contributed by atoms with van der Waals surface area (Å²) in [5, 5.41) is 5.40. The van der Waals surface area contributed by atoms with Crippen molar-refractivity contribution < 1.29 is 9.13 Å². The van der Waals surface area contributed by atoms with Crippen LogP contribution in [0.2, 0.25) is 0 Å². The lowest BCUT2D eigenvalue weighted by Gasteiger charge is -2.25. The molecule has 0 aliphatic carbocycles. The van der Waals surface area contributed by atoms with Crippen LogP contribution in [0.25, 0.3) is 16.6 Å². The fraction of sp³-hybridized carbons (Fsp3) is 0.240. The van der Waals surface area contributed by atoms with Gasteiger partial charge >= 0.3 is 0 Å². The van der Waals surface area contributed by atoms with E-state index in [0.717, 1.165) is 40.7 Å². The Morgan fingerprint density at radius 2 is 1.77 bits per heavy atom. The van der Waals surface area contributed by atoms with E-state index in [0.29, 0.717) is 0 Å². The van der Waals surface area contributed by atoms with Crippen molar-refractivity contribution in [2.45, 2.75) is 39.3 Å². The number of hydrogen-bond donors (Lipinski definition) is 1. The monoisotopic (exact) mass is 405 g/mol. The zero-order chi connectivity index (χ0) is 20.2. The second-order valence-corrected chi connectivity index (χ2v) is 7.16. The van der Waals surface area contributed by atoms with Crippen molar-refractivity contribution in [1.82, 2.24) is 9.78 Å². The van der Waals surface area contributed by atoms with E-state index in [4.69, 9.17) is 10.5 Å². The van der Waals surface area contributed by atoms with Crippen LogP contribution in [0.5, 0.6) is 5.75 Å². The lowest BCUT2D eigenvalue weighted by molar-refractivity contribution is 0.168. The van der Waals surface area contributed by atoms with E-state index in [1.165, 1.54) is 12.1 Å². The van der Waals surface area contributed by atoms with E-state index in [9.17, 15) is 4.39 Å². The molecule has 0 spiro atoms. The van der Waals surface area contributed by atoms with Gasteiger partial charge in [0.1, 0.15) is 17.7 Å². The molecule has 0 aliphatic rings. The second kappa shape index (κ2) is 9.55. The van der Waals surface area contributed by atoms with Gasteiger partial charge in [-0.3, -0.25) is 0 Å². The molecule has 3 aromatic carbocycles. The maximum atomic E-state index is 13.2. The highest BCUT2D eigenvalue weighted by Gasteiger charge is 2.21. The molecule has 4 aromatic rings. The lowest BCUT2D eigenvalue weighted by atomic mass is 9.99. The number of benzene rings is 3. The number of nitrogens with two attached hydrogens (primary N) is 1. The van der Waals surface area contributed by atoms with Crippen molar-refractivity contribution in [3.63, 3.8) is 0 Å². The van der Waals surface area contributed by atoms with Gasteiger partial charge in [0.25, 0.3) is 0 Å². The molecule has 0 amide bonds. The third-order valence-corrected chi connectivity index (χ3v) is 5.01. The summed E-state index contributed by atoms with van der Waals surface area (Å²) in [5.74, 6) is 0.479. The van der Waals surface area contributed by atoms with Crippen LogP contribution < -0.4 is 10.5 Å². The molecule has 0 aliphatic heterocycles. The number of ether oxygens (including phenoxy) is 1. The Kier molecular flexibility index (Phi) is 6.85. The Hall–Kier alpha value is -3.18. The minimum atomic E-state index is -0.267. The van der Waals surface area contributed by atoms with Crippen LogP contribution in [0.1, 0.15) is 38.9 Å². The summed E-state index contributed by atoms with van der Waals surface area (Å²) in [7, 11) is 0. The van der Waals surface area contributed by atoms with Crippen LogP contribution in [0.4, 0.5) is 4.39 Å². The van der Waals surface area contributed by atoms with E-state index in [2.05, 4.69) is 12.0 Å². The number of nitrogens with zero attached hydrogens (tertiary/aromatic N) is 2. The van der Waals surface area contributed by atoms with Crippen molar-refractivity contribution in [2.24, 2.45) is 5.73 Å². The molecule has 0 saturated carbocycles. The average Bonchev–Trinajstić information content (AvgIpc) is 3.16. The van der Waals surface area contributed by atoms with Crippen molar-refractivity contribution in [3.8, 4) is 11.4 Å². The van der Waals surface area contributed by atoms with Gasteiger partial charge < -0.3 is 10.5 Å². The number of rotatable bonds is 7. The van der Waals surface area contributed by atoms with E-state index >= 15 is 0 Å². The fourth-order valence-electron chi connectivity index (χ4n) is 3.55. The van der Waals surface area contributed by atoms with E-state index < -0.39 is 0 Å². The Morgan fingerprint density at radius 1 is 1.03 bits per heavy atom. The predicted molar refractivity (Wildman–Crippen MR) is 120 cm³/mol. The van der Waals surface area contributed by atoms with Gasteiger partial charge in [-0.2, -0.15) is 5.10 Å². The van der Waals surface area contributed by atoms with Crippen LogP contribution in [0, 0.1) is 5.82 Å². The largest absolute Gasteiger partial charge is 0.484 e. The first-order valence-electron chi connectivity index (χ1n) is 9.86. The Morgan fingerprint density at radius 3 is 2.47 bits per heavy atom. The Balaban J connectivity index is 0.00000256. The van der Waals surface area contributed by atoms with Gasteiger partial charge in [0, 0.05) is 11.4 Å². The molecule has 4 nitrogen and oxygen atoms in total. The van der Waals surface area contributed by atoms with Gasteiger partial charge in [-0.25, -0.2) is 9.07 Å². The molecule has 0 fully saturated rings. The number of fused-ring (bicyclic) bond motifs is 1.